The minimum absolute atomic E-state index is 0.232. The Balaban J connectivity index is 3.45. The van der Waals surface area contributed by atoms with Crippen molar-refractivity contribution in [2.45, 2.75) is 117 Å². The van der Waals surface area contributed by atoms with Crippen molar-refractivity contribution < 1.29 is 14.7 Å². The van der Waals surface area contributed by atoms with E-state index in [-0.39, 0.29) is 11.8 Å². The van der Waals surface area contributed by atoms with Gasteiger partial charge in [0, 0.05) is 12.8 Å². The number of hydrogen-bond donors (Lipinski definition) is 1. The van der Waals surface area contributed by atoms with E-state index < -0.39 is 6.73 Å². The molecule has 0 aliphatic heterocycles. The Morgan fingerprint density at radius 2 is 1.00 bits per heavy atom. The molecule has 2 amide bonds. The Hall–Kier alpha value is -0.900. The lowest BCUT2D eigenvalue weighted by molar-refractivity contribution is -0.149. The summed E-state index contributed by atoms with van der Waals surface area (Å²) < 4.78 is 0. The van der Waals surface area contributed by atoms with Crippen LogP contribution in [0.2, 0.25) is 0 Å². The molecule has 25 heavy (non-hydrogen) atoms. The molecule has 0 fully saturated rings. The van der Waals surface area contributed by atoms with E-state index in [1.807, 2.05) is 6.92 Å². The lowest BCUT2D eigenvalue weighted by Crippen LogP contribution is -2.37. The summed E-state index contributed by atoms with van der Waals surface area (Å²) >= 11 is 0. The fraction of sp³-hybridized carbons (Fsp3) is 0.905. The standard InChI is InChI=1S/C21H41NO3/c1-3-5-6-7-8-9-10-11-12-13-14-15-16-18-21(25)22(19-23)20(24)17-4-2/h23H,3-19H2,1-2H3. The molecule has 0 atom stereocenters. The molecule has 0 aromatic carbocycles. The molecular formula is C21H41NO3. The Kier molecular flexibility index (Phi) is 17.3. The molecule has 4 heteroatoms. The van der Waals surface area contributed by atoms with Crippen LogP contribution >= 0.6 is 0 Å². The lowest BCUT2D eigenvalue weighted by Gasteiger charge is -2.17. The van der Waals surface area contributed by atoms with Crippen molar-refractivity contribution in [1.82, 2.24) is 4.90 Å². The van der Waals surface area contributed by atoms with Crippen molar-refractivity contribution in [1.29, 1.82) is 0 Å². The van der Waals surface area contributed by atoms with Gasteiger partial charge in [-0.15, -0.1) is 0 Å². The SMILES string of the molecule is CCCCCCCCCCCCCCCC(=O)N(CO)C(=O)CCC. The van der Waals surface area contributed by atoms with Gasteiger partial charge >= 0.3 is 0 Å². The molecule has 0 aromatic heterocycles. The Labute approximate surface area is 155 Å². The number of aliphatic hydroxyl groups excluding tert-OH is 1. The molecule has 148 valence electrons. The molecule has 0 spiro atoms. The zero-order chi connectivity index (χ0) is 18.8. The third-order valence-electron chi connectivity index (χ3n) is 4.70. The van der Waals surface area contributed by atoms with Crippen LogP contribution in [0.5, 0.6) is 0 Å². The van der Waals surface area contributed by atoms with Crippen LogP contribution in [0.3, 0.4) is 0 Å². The van der Waals surface area contributed by atoms with E-state index >= 15 is 0 Å². The first-order chi connectivity index (χ1) is 12.2. The second kappa shape index (κ2) is 17.9. The summed E-state index contributed by atoms with van der Waals surface area (Å²) in [7, 11) is 0. The maximum atomic E-state index is 11.9. The van der Waals surface area contributed by atoms with Gasteiger partial charge in [0.05, 0.1) is 0 Å². The number of amides is 2. The summed E-state index contributed by atoms with van der Waals surface area (Å²) in [5, 5.41) is 9.18. The summed E-state index contributed by atoms with van der Waals surface area (Å²) in [6, 6.07) is 0. The second-order valence-electron chi connectivity index (χ2n) is 7.10. The summed E-state index contributed by atoms with van der Waals surface area (Å²) in [6.07, 6.45) is 17.9. The maximum absolute atomic E-state index is 11.9. The quantitative estimate of drug-likeness (QED) is 0.274. The van der Waals surface area contributed by atoms with Crippen LogP contribution in [0.15, 0.2) is 0 Å². The number of nitrogens with zero attached hydrogens (tertiary/aromatic N) is 1. The zero-order valence-corrected chi connectivity index (χ0v) is 16.7. The highest BCUT2D eigenvalue weighted by molar-refractivity contribution is 5.95. The van der Waals surface area contributed by atoms with Gasteiger partial charge < -0.3 is 5.11 Å². The first-order valence-electron chi connectivity index (χ1n) is 10.6. The van der Waals surface area contributed by atoms with E-state index in [0.29, 0.717) is 19.3 Å². The van der Waals surface area contributed by atoms with Gasteiger partial charge in [-0.3, -0.25) is 14.5 Å². The molecule has 0 radical (unpaired) electrons. The zero-order valence-electron chi connectivity index (χ0n) is 16.7. The van der Waals surface area contributed by atoms with Gasteiger partial charge in [0.25, 0.3) is 0 Å². The number of imide groups is 1. The van der Waals surface area contributed by atoms with Crippen molar-refractivity contribution in [2.75, 3.05) is 6.73 Å². The Bertz CT molecular complexity index is 331. The lowest BCUT2D eigenvalue weighted by atomic mass is 10.0. The smallest absolute Gasteiger partial charge is 0.231 e. The number of aliphatic hydroxyl groups is 1. The molecule has 0 aliphatic rings. The average Bonchev–Trinajstić information content (AvgIpc) is 2.60. The van der Waals surface area contributed by atoms with Crippen molar-refractivity contribution in [3.05, 3.63) is 0 Å². The number of hydrogen-bond acceptors (Lipinski definition) is 3. The summed E-state index contributed by atoms with van der Waals surface area (Å²) in [6.45, 7) is 3.66. The van der Waals surface area contributed by atoms with Crippen LogP contribution in [0, 0.1) is 0 Å². The van der Waals surface area contributed by atoms with Gasteiger partial charge in [-0.2, -0.15) is 0 Å². The minimum atomic E-state index is -0.490. The summed E-state index contributed by atoms with van der Waals surface area (Å²) in [4.78, 5) is 24.6. The highest BCUT2D eigenvalue weighted by Crippen LogP contribution is 2.13. The van der Waals surface area contributed by atoms with Gasteiger partial charge in [-0.25, -0.2) is 0 Å². The van der Waals surface area contributed by atoms with Crippen LogP contribution in [-0.2, 0) is 9.59 Å². The van der Waals surface area contributed by atoms with E-state index in [4.69, 9.17) is 0 Å². The highest BCUT2D eigenvalue weighted by Gasteiger charge is 2.18. The predicted molar refractivity (Wildman–Crippen MR) is 104 cm³/mol. The molecule has 0 saturated heterocycles. The molecule has 4 nitrogen and oxygen atoms in total. The van der Waals surface area contributed by atoms with Crippen LogP contribution in [0.25, 0.3) is 0 Å². The third kappa shape index (κ3) is 14.0. The van der Waals surface area contributed by atoms with Gasteiger partial charge in [-0.05, 0) is 12.8 Å². The van der Waals surface area contributed by atoms with E-state index in [1.54, 1.807) is 0 Å². The topological polar surface area (TPSA) is 57.6 Å². The summed E-state index contributed by atoms with van der Waals surface area (Å²) in [5.41, 5.74) is 0. The van der Waals surface area contributed by atoms with E-state index in [2.05, 4.69) is 6.92 Å². The van der Waals surface area contributed by atoms with Gasteiger partial charge in [0.2, 0.25) is 11.8 Å². The monoisotopic (exact) mass is 355 g/mol. The van der Waals surface area contributed by atoms with Gasteiger partial charge in [0.1, 0.15) is 6.73 Å². The number of rotatable bonds is 17. The first-order valence-corrected chi connectivity index (χ1v) is 10.6. The molecule has 0 unspecified atom stereocenters. The normalized spacial score (nSPS) is 10.8. The molecule has 1 N–H and O–H groups in total. The number of carbonyl (C=O) groups excluding carboxylic acids is 2. The molecule has 0 aromatic rings. The molecule has 0 aliphatic carbocycles. The van der Waals surface area contributed by atoms with E-state index in [0.717, 1.165) is 24.2 Å². The van der Waals surface area contributed by atoms with Crippen LogP contribution in [0.1, 0.15) is 117 Å². The highest BCUT2D eigenvalue weighted by atomic mass is 16.3. The Morgan fingerprint density at radius 1 is 0.600 bits per heavy atom. The number of carbonyl (C=O) groups is 2. The van der Waals surface area contributed by atoms with Crippen LogP contribution in [0.4, 0.5) is 0 Å². The van der Waals surface area contributed by atoms with Gasteiger partial charge in [0.15, 0.2) is 0 Å². The minimum Gasteiger partial charge on any atom is -0.376 e. The van der Waals surface area contributed by atoms with Crippen LogP contribution in [-0.4, -0.2) is 28.6 Å². The molecule has 0 bridgehead atoms. The fourth-order valence-electron chi connectivity index (χ4n) is 3.07. The predicted octanol–water partition coefficient (Wildman–Crippen LogP) is 5.57. The summed E-state index contributed by atoms with van der Waals surface area (Å²) in [5.74, 6) is -0.492. The van der Waals surface area contributed by atoms with Crippen LogP contribution < -0.4 is 0 Å². The molecule has 0 saturated carbocycles. The molecular weight excluding hydrogens is 314 g/mol. The maximum Gasteiger partial charge on any atom is 0.231 e. The number of unbranched alkanes of at least 4 members (excludes halogenated alkanes) is 12. The Morgan fingerprint density at radius 3 is 1.40 bits per heavy atom. The average molecular weight is 356 g/mol. The second-order valence-corrected chi connectivity index (χ2v) is 7.10. The van der Waals surface area contributed by atoms with Crippen molar-refractivity contribution in [3.8, 4) is 0 Å². The first kappa shape index (κ1) is 24.1. The molecule has 0 rings (SSSR count). The van der Waals surface area contributed by atoms with Crippen molar-refractivity contribution >= 4 is 11.8 Å². The molecule has 0 heterocycles. The van der Waals surface area contributed by atoms with E-state index in [9.17, 15) is 14.7 Å². The van der Waals surface area contributed by atoms with Crippen molar-refractivity contribution in [3.63, 3.8) is 0 Å². The third-order valence-corrected chi connectivity index (χ3v) is 4.70. The largest absolute Gasteiger partial charge is 0.376 e. The van der Waals surface area contributed by atoms with Crippen molar-refractivity contribution in [2.24, 2.45) is 0 Å². The fourth-order valence-corrected chi connectivity index (χ4v) is 3.07. The van der Waals surface area contributed by atoms with Gasteiger partial charge in [-0.1, -0.05) is 90.9 Å². The van der Waals surface area contributed by atoms with E-state index in [1.165, 1.54) is 64.2 Å².